The summed E-state index contributed by atoms with van der Waals surface area (Å²) >= 11 is 7.43. The molecule has 4 nitrogen and oxygen atoms in total. The Morgan fingerprint density at radius 3 is 3.00 bits per heavy atom. The Balaban J connectivity index is 1.67. The number of hydrogen-bond acceptors (Lipinski definition) is 4. The molecule has 2 aromatic heterocycles. The van der Waals surface area contributed by atoms with Crippen LogP contribution in [-0.4, -0.2) is 19.7 Å². The molecule has 0 saturated heterocycles. The highest BCUT2D eigenvalue weighted by Gasteiger charge is 2.26. The molecule has 0 radical (unpaired) electrons. The van der Waals surface area contributed by atoms with E-state index < -0.39 is 0 Å². The van der Waals surface area contributed by atoms with Crippen molar-refractivity contribution in [2.24, 2.45) is 0 Å². The second-order valence-corrected chi connectivity index (χ2v) is 5.36. The Morgan fingerprint density at radius 1 is 1.41 bits per heavy atom. The van der Waals surface area contributed by atoms with E-state index in [1.165, 1.54) is 12.8 Å². The van der Waals surface area contributed by atoms with Crippen LogP contribution < -0.4 is 0 Å². The second-order valence-electron chi connectivity index (χ2n) is 4.03. The maximum Gasteiger partial charge on any atom is 0.191 e. The molecule has 17 heavy (non-hydrogen) atoms. The minimum atomic E-state index is 0.528. The Morgan fingerprint density at radius 2 is 2.29 bits per heavy atom. The van der Waals surface area contributed by atoms with Crippen LogP contribution in [0.5, 0.6) is 0 Å². The molecule has 0 N–H and O–H groups in total. The SMILES string of the molecule is Clc1ccc(CSc2nncn2C2CC2)cn1. The molecule has 0 atom stereocenters. The lowest BCUT2D eigenvalue weighted by Gasteiger charge is -2.03. The first-order chi connectivity index (χ1) is 8.33. The number of halogens is 1. The van der Waals surface area contributed by atoms with Crippen LogP contribution in [0.2, 0.25) is 5.15 Å². The van der Waals surface area contributed by atoms with Crippen LogP contribution in [-0.2, 0) is 5.75 Å². The summed E-state index contributed by atoms with van der Waals surface area (Å²) in [6.07, 6.45) is 6.11. The van der Waals surface area contributed by atoms with Gasteiger partial charge in [0.05, 0.1) is 0 Å². The standard InChI is InChI=1S/C11H11ClN4S/c12-10-4-1-8(5-13-10)6-17-11-15-14-7-16(11)9-2-3-9/h1,4-5,7,9H,2-3,6H2. The number of thioether (sulfide) groups is 1. The van der Waals surface area contributed by atoms with Crippen molar-refractivity contribution in [3.05, 3.63) is 35.4 Å². The van der Waals surface area contributed by atoms with E-state index in [1.807, 2.05) is 18.5 Å². The number of pyridine rings is 1. The molecule has 1 aliphatic carbocycles. The fourth-order valence-corrected chi connectivity index (χ4v) is 2.61. The normalized spacial score (nSPS) is 15.1. The molecular formula is C11H11ClN4S. The third-order valence-electron chi connectivity index (χ3n) is 2.64. The lowest BCUT2D eigenvalue weighted by molar-refractivity contribution is 0.663. The first kappa shape index (κ1) is 11.0. The Kier molecular flexibility index (Phi) is 3.03. The van der Waals surface area contributed by atoms with Gasteiger partial charge in [0.1, 0.15) is 11.5 Å². The summed E-state index contributed by atoms with van der Waals surface area (Å²) in [5, 5.41) is 9.62. The van der Waals surface area contributed by atoms with E-state index in [-0.39, 0.29) is 0 Å². The minimum absolute atomic E-state index is 0.528. The van der Waals surface area contributed by atoms with Crippen LogP contribution in [0.25, 0.3) is 0 Å². The van der Waals surface area contributed by atoms with Crippen LogP contribution in [0.15, 0.2) is 29.8 Å². The average Bonchev–Trinajstić information content (AvgIpc) is 3.08. The van der Waals surface area contributed by atoms with Crippen molar-refractivity contribution < 1.29 is 0 Å². The van der Waals surface area contributed by atoms with Gasteiger partial charge in [0.15, 0.2) is 5.16 Å². The van der Waals surface area contributed by atoms with Crippen LogP contribution >= 0.6 is 23.4 Å². The third-order valence-corrected chi connectivity index (χ3v) is 3.89. The smallest absolute Gasteiger partial charge is 0.191 e. The Bertz CT molecular complexity index is 506. The molecule has 0 spiro atoms. The first-order valence-electron chi connectivity index (χ1n) is 5.45. The predicted octanol–water partition coefficient (Wildman–Crippen LogP) is 2.95. The second kappa shape index (κ2) is 4.66. The summed E-state index contributed by atoms with van der Waals surface area (Å²) in [5.74, 6) is 0.843. The topological polar surface area (TPSA) is 43.6 Å². The molecule has 0 bridgehead atoms. The van der Waals surface area contributed by atoms with Crippen molar-refractivity contribution in [3.8, 4) is 0 Å². The highest BCUT2D eigenvalue weighted by molar-refractivity contribution is 7.98. The van der Waals surface area contributed by atoms with E-state index in [1.54, 1.807) is 18.0 Å². The maximum atomic E-state index is 5.74. The number of hydrogen-bond donors (Lipinski definition) is 0. The molecule has 1 fully saturated rings. The van der Waals surface area contributed by atoms with Crippen molar-refractivity contribution in [3.63, 3.8) is 0 Å². The average molecular weight is 267 g/mol. The lowest BCUT2D eigenvalue weighted by Crippen LogP contribution is -1.94. The molecule has 6 heteroatoms. The van der Waals surface area contributed by atoms with Gasteiger partial charge in [-0.25, -0.2) is 4.98 Å². The van der Waals surface area contributed by atoms with Gasteiger partial charge in [0.2, 0.25) is 0 Å². The van der Waals surface area contributed by atoms with Gasteiger partial charge < -0.3 is 4.57 Å². The molecule has 3 rings (SSSR count). The summed E-state index contributed by atoms with van der Waals surface area (Å²) in [4.78, 5) is 4.06. The molecule has 1 saturated carbocycles. The van der Waals surface area contributed by atoms with Crippen molar-refractivity contribution in [1.29, 1.82) is 0 Å². The van der Waals surface area contributed by atoms with Crippen LogP contribution in [0.1, 0.15) is 24.4 Å². The van der Waals surface area contributed by atoms with E-state index in [9.17, 15) is 0 Å². The van der Waals surface area contributed by atoms with E-state index in [4.69, 9.17) is 11.6 Å². The summed E-state index contributed by atoms with van der Waals surface area (Å²) in [6.45, 7) is 0. The van der Waals surface area contributed by atoms with Gasteiger partial charge in [-0.15, -0.1) is 10.2 Å². The van der Waals surface area contributed by atoms with Crippen LogP contribution in [0, 0.1) is 0 Å². The number of rotatable bonds is 4. The van der Waals surface area contributed by atoms with E-state index in [0.717, 1.165) is 16.5 Å². The van der Waals surface area contributed by atoms with Gasteiger partial charge in [-0.2, -0.15) is 0 Å². The summed E-state index contributed by atoms with van der Waals surface area (Å²) in [6, 6.07) is 4.42. The Labute approximate surface area is 108 Å². The molecule has 0 amide bonds. The number of aromatic nitrogens is 4. The summed E-state index contributed by atoms with van der Waals surface area (Å²) in [7, 11) is 0. The van der Waals surface area contributed by atoms with Gasteiger partial charge in [-0.1, -0.05) is 29.4 Å². The lowest BCUT2D eigenvalue weighted by atomic mass is 10.3. The van der Waals surface area contributed by atoms with Crippen LogP contribution in [0.4, 0.5) is 0 Å². The predicted molar refractivity (Wildman–Crippen MR) is 67.1 cm³/mol. The molecule has 88 valence electrons. The van der Waals surface area contributed by atoms with Crippen molar-refractivity contribution in [1.82, 2.24) is 19.7 Å². The van der Waals surface area contributed by atoms with Gasteiger partial charge in [-0.3, -0.25) is 0 Å². The van der Waals surface area contributed by atoms with Crippen molar-refractivity contribution in [2.75, 3.05) is 0 Å². The fourth-order valence-electron chi connectivity index (χ4n) is 1.58. The van der Waals surface area contributed by atoms with Crippen molar-refractivity contribution >= 4 is 23.4 Å². The molecule has 2 aromatic rings. The highest BCUT2D eigenvalue weighted by atomic mass is 35.5. The molecule has 0 aliphatic heterocycles. The summed E-state index contributed by atoms with van der Waals surface area (Å²) in [5.41, 5.74) is 1.14. The zero-order valence-electron chi connectivity index (χ0n) is 9.08. The molecule has 1 aliphatic rings. The largest absolute Gasteiger partial charge is 0.306 e. The quantitative estimate of drug-likeness (QED) is 0.630. The molecular weight excluding hydrogens is 256 g/mol. The van der Waals surface area contributed by atoms with Gasteiger partial charge in [0.25, 0.3) is 0 Å². The monoisotopic (exact) mass is 266 g/mol. The van der Waals surface area contributed by atoms with Gasteiger partial charge >= 0.3 is 0 Å². The maximum absolute atomic E-state index is 5.74. The fraction of sp³-hybridized carbons (Fsp3) is 0.364. The zero-order valence-corrected chi connectivity index (χ0v) is 10.7. The van der Waals surface area contributed by atoms with Crippen LogP contribution in [0.3, 0.4) is 0 Å². The van der Waals surface area contributed by atoms with Gasteiger partial charge in [-0.05, 0) is 24.5 Å². The van der Waals surface area contributed by atoms with E-state index >= 15 is 0 Å². The highest BCUT2D eigenvalue weighted by Crippen LogP contribution is 2.37. The summed E-state index contributed by atoms with van der Waals surface area (Å²) < 4.78 is 2.16. The van der Waals surface area contributed by atoms with E-state index in [2.05, 4.69) is 19.7 Å². The third kappa shape index (κ3) is 2.61. The molecule has 0 aromatic carbocycles. The zero-order chi connectivity index (χ0) is 11.7. The van der Waals surface area contributed by atoms with E-state index in [0.29, 0.717) is 11.2 Å². The van der Waals surface area contributed by atoms with Gasteiger partial charge in [0, 0.05) is 18.0 Å². The molecule has 0 unspecified atom stereocenters. The molecule has 2 heterocycles. The number of nitrogens with zero attached hydrogens (tertiary/aromatic N) is 4. The first-order valence-corrected chi connectivity index (χ1v) is 6.82. The Hall–Kier alpha value is -1.07. The minimum Gasteiger partial charge on any atom is -0.306 e. The van der Waals surface area contributed by atoms with Crippen molar-refractivity contribution in [2.45, 2.75) is 29.8 Å².